The fraction of sp³-hybridized carbons (Fsp3) is 1.00. The Hall–Kier alpha value is -0.120. The fourth-order valence-electron chi connectivity index (χ4n) is 6.10. The SMILES string of the molecule is CC(C)(C)N1CC2(CC(C)(C)N3C4COCC3C4)CC1C2. The summed E-state index contributed by atoms with van der Waals surface area (Å²) in [5.74, 6) is 0. The first-order valence-corrected chi connectivity index (χ1v) is 8.83. The highest BCUT2D eigenvalue weighted by molar-refractivity contribution is 5.14. The molecule has 1 aliphatic carbocycles. The summed E-state index contributed by atoms with van der Waals surface area (Å²) in [5, 5.41) is 0. The van der Waals surface area contributed by atoms with Crippen molar-refractivity contribution >= 4 is 0 Å². The van der Waals surface area contributed by atoms with E-state index in [9.17, 15) is 0 Å². The van der Waals surface area contributed by atoms with Crippen LogP contribution in [0.25, 0.3) is 0 Å². The Balaban J connectivity index is 1.45. The lowest BCUT2D eigenvalue weighted by Crippen LogP contribution is -2.70. The maximum atomic E-state index is 5.67. The van der Waals surface area contributed by atoms with E-state index < -0.39 is 0 Å². The molecule has 1 saturated carbocycles. The summed E-state index contributed by atoms with van der Waals surface area (Å²) in [7, 11) is 0. The van der Waals surface area contributed by atoms with Crippen LogP contribution in [-0.4, -0.2) is 58.8 Å². The minimum atomic E-state index is 0.341. The van der Waals surface area contributed by atoms with Gasteiger partial charge in [-0.25, -0.2) is 0 Å². The summed E-state index contributed by atoms with van der Waals surface area (Å²) >= 11 is 0. The van der Waals surface area contributed by atoms with Crippen molar-refractivity contribution in [1.29, 1.82) is 0 Å². The topological polar surface area (TPSA) is 15.7 Å². The third-order valence-electron chi connectivity index (χ3n) is 6.60. The van der Waals surface area contributed by atoms with Gasteiger partial charge in [0.25, 0.3) is 0 Å². The molecule has 3 nitrogen and oxygen atoms in total. The van der Waals surface area contributed by atoms with Gasteiger partial charge in [-0.3, -0.25) is 9.80 Å². The van der Waals surface area contributed by atoms with Crippen LogP contribution in [0.15, 0.2) is 0 Å². The normalized spacial score (nSPS) is 43.6. The van der Waals surface area contributed by atoms with Gasteiger partial charge in [0.1, 0.15) is 0 Å². The molecule has 0 aromatic heterocycles. The van der Waals surface area contributed by atoms with Crippen LogP contribution in [0.3, 0.4) is 0 Å². The van der Waals surface area contributed by atoms with E-state index in [1.807, 2.05) is 0 Å². The second-order valence-electron chi connectivity index (χ2n) is 9.84. The molecule has 4 bridgehead atoms. The summed E-state index contributed by atoms with van der Waals surface area (Å²) in [4.78, 5) is 5.56. The molecule has 21 heavy (non-hydrogen) atoms. The largest absolute Gasteiger partial charge is 0.378 e. The number of nitrogens with zero attached hydrogens (tertiary/aromatic N) is 2. The van der Waals surface area contributed by atoms with Gasteiger partial charge in [-0.2, -0.15) is 0 Å². The molecule has 4 saturated heterocycles. The monoisotopic (exact) mass is 292 g/mol. The van der Waals surface area contributed by atoms with E-state index in [0.29, 0.717) is 28.6 Å². The highest BCUT2D eigenvalue weighted by Gasteiger charge is 2.60. The number of morpholine rings is 1. The fourth-order valence-corrected chi connectivity index (χ4v) is 6.10. The predicted molar refractivity (Wildman–Crippen MR) is 85.5 cm³/mol. The van der Waals surface area contributed by atoms with Crippen LogP contribution in [0.5, 0.6) is 0 Å². The molecule has 3 heteroatoms. The van der Waals surface area contributed by atoms with Crippen molar-refractivity contribution in [2.75, 3.05) is 19.8 Å². The van der Waals surface area contributed by atoms with Gasteiger partial charge in [0.15, 0.2) is 0 Å². The van der Waals surface area contributed by atoms with Crippen LogP contribution in [0.1, 0.15) is 60.3 Å². The van der Waals surface area contributed by atoms with Gasteiger partial charge < -0.3 is 4.74 Å². The molecular weight excluding hydrogens is 260 g/mol. The first-order valence-electron chi connectivity index (χ1n) is 8.83. The third-order valence-corrected chi connectivity index (χ3v) is 6.60. The molecular formula is C18H32N2O. The Kier molecular flexibility index (Phi) is 2.92. The molecule has 5 aliphatic rings. The molecule has 0 aromatic carbocycles. The molecule has 0 amide bonds. The summed E-state index contributed by atoms with van der Waals surface area (Å²) in [6.07, 6.45) is 5.62. The number of hydrogen-bond acceptors (Lipinski definition) is 3. The third kappa shape index (κ3) is 2.11. The van der Waals surface area contributed by atoms with E-state index >= 15 is 0 Å². The Labute approximate surface area is 130 Å². The Bertz CT molecular complexity index is 419. The molecule has 0 aromatic rings. The zero-order valence-corrected chi connectivity index (χ0v) is 14.5. The van der Waals surface area contributed by atoms with Crippen molar-refractivity contribution in [3.63, 3.8) is 0 Å². The summed E-state index contributed by atoms with van der Waals surface area (Å²) in [6, 6.07) is 2.26. The lowest BCUT2D eigenvalue weighted by Gasteiger charge is -2.61. The maximum absolute atomic E-state index is 5.67. The molecule has 0 N–H and O–H groups in total. The minimum absolute atomic E-state index is 0.341. The average Bonchev–Trinajstić information content (AvgIpc) is 2.82. The Morgan fingerprint density at radius 3 is 2.10 bits per heavy atom. The van der Waals surface area contributed by atoms with E-state index in [2.05, 4.69) is 44.4 Å². The van der Waals surface area contributed by atoms with Gasteiger partial charge in [-0.05, 0) is 65.7 Å². The first kappa shape index (κ1) is 14.5. The zero-order chi connectivity index (χ0) is 15.0. The van der Waals surface area contributed by atoms with Crippen molar-refractivity contribution < 1.29 is 4.74 Å². The van der Waals surface area contributed by atoms with E-state index in [0.717, 1.165) is 19.3 Å². The van der Waals surface area contributed by atoms with Gasteiger partial charge in [0.2, 0.25) is 0 Å². The summed E-state index contributed by atoms with van der Waals surface area (Å²) < 4.78 is 5.67. The summed E-state index contributed by atoms with van der Waals surface area (Å²) in [6.45, 7) is 15.4. The summed E-state index contributed by atoms with van der Waals surface area (Å²) in [5.41, 5.74) is 1.29. The first-order chi connectivity index (χ1) is 9.70. The second kappa shape index (κ2) is 4.24. The highest BCUT2D eigenvalue weighted by Crippen LogP contribution is 2.58. The van der Waals surface area contributed by atoms with Crippen molar-refractivity contribution in [1.82, 2.24) is 9.80 Å². The number of fused-ring (bicyclic) bond motifs is 3. The van der Waals surface area contributed by atoms with Gasteiger partial charge in [-0.1, -0.05) is 0 Å². The van der Waals surface area contributed by atoms with Crippen molar-refractivity contribution in [2.45, 2.75) is 89.5 Å². The van der Waals surface area contributed by atoms with Gasteiger partial charge in [-0.15, -0.1) is 0 Å². The van der Waals surface area contributed by atoms with Crippen LogP contribution in [0, 0.1) is 5.41 Å². The second-order valence-corrected chi connectivity index (χ2v) is 9.84. The van der Waals surface area contributed by atoms with E-state index in [4.69, 9.17) is 4.74 Å². The number of hydrogen-bond donors (Lipinski definition) is 0. The van der Waals surface area contributed by atoms with Crippen molar-refractivity contribution in [3.05, 3.63) is 0 Å². The molecule has 120 valence electrons. The van der Waals surface area contributed by atoms with Crippen LogP contribution in [0.4, 0.5) is 0 Å². The van der Waals surface area contributed by atoms with Crippen molar-refractivity contribution in [3.8, 4) is 0 Å². The predicted octanol–water partition coefficient (Wildman–Crippen LogP) is 2.89. The molecule has 4 aliphatic heterocycles. The van der Waals surface area contributed by atoms with E-state index in [1.165, 1.54) is 32.2 Å². The number of ether oxygens (including phenoxy) is 1. The highest BCUT2D eigenvalue weighted by atomic mass is 16.5. The van der Waals surface area contributed by atoms with Crippen LogP contribution in [-0.2, 0) is 4.74 Å². The molecule has 2 unspecified atom stereocenters. The molecule has 0 radical (unpaired) electrons. The zero-order valence-electron chi connectivity index (χ0n) is 14.5. The van der Waals surface area contributed by atoms with Crippen molar-refractivity contribution in [2.24, 2.45) is 5.41 Å². The lowest BCUT2D eigenvalue weighted by atomic mass is 9.63. The molecule has 5 fully saturated rings. The minimum Gasteiger partial charge on any atom is -0.378 e. The standard InChI is InChI=1S/C18H32N2O/c1-16(2,3)19-12-18(7-15(19)8-18)11-17(4,5)20-13-6-14(20)10-21-9-13/h13-15H,6-12H2,1-5H3. The van der Waals surface area contributed by atoms with Gasteiger partial charge in [0, 0.05) is 35.7 Å². The van der Waals surface area contributed by atoms with Crippen LogP contribution in [0.2, 0.25) is 0 Å². The van der Waals surface area contributed by atoms with Gasteiger partial charge in [0.05, 0.1) is 13.2 Å². The lowest BCUT2D eigenvalue weighted by molar-refractivity contribution is -0.177. The van der Waals surface area contributed by atoms with Crippen LogP contribution < -0.4 is 0 Å². The molecule has 2 atom stereocenters. The molecule has 0 spiro atoms. The number of rotatable bonds is 3. The molecule has 4 heterocycles. The smallest absolute Gasteiger partial charge is 0.0623 e. The maximum Gasteiger partial charge on any atom is 0.0623 e. The van der Waals surface area contributed by atoms with E-state index in [-0.39, 0.29) is 0 Å². The Morgan fingerprint density at radius 1 is 1.00 bits per heavy atom. The Morgan fingerprint density at radius 2 is 1.62 bits per heavy atom. The quantitative estimate of drug-likeness (QED) is 0.795. The van der Waals surface area contributed by atoms with E-state index in [1.54, 1.807) is 0 Å². The average molecular weight is 292 g/mol. The van der Waals surface area contributed by atoms with Gasteiger partial charge >= 0.3 is 0 Å². The van der Waals surface area contributed by atoms with Crippen LogP contribution >= 0.6 is 0 Å². The molecule has 5 rings (SSSR count).